The normalized spacial score (nSPS) is 10.5. The van der Waals surface area contributed by atoms with E-state index in [9.17, 15) is 0 Å². The topological polar surface area (TPSA) is 40.7 Å². The quantitative estimate of drug-likeness (QED) is 0.685. The van der Waals surface area contributed by atoms with Gasteiger partial charge < -0.3 is 5.32 Å². The molecule has 3 rings (SSSR count). The first-order valence-corrected chi connectivity index (χ1v) is 8.04. The van der Waals surface area contributed by atoms with Crippen molar-refractivity contribution in [2.24, 2.45) is 0 Å². The van der Waals surface area contributed by atoms with Crippen molar-refractivity contribution in [1.29, 1.82) is 0 Å². The number of nitrogens with zero attached hydrogens (tertiary/aromatic N) is 1. The fourth-order valence-electron chi connectivity index (χ4n) is 2.16. The second kappa shape index (κ2) is 6.50. The summed E-state index contributed by atoms with van der Waals surface area (Å²) in [6, 6.07) is 18.9. The molecule has 1 heterocycles. The van der Waals surface area contributed by atoms with E-state index < -0.39 is 0 Å². The van der Waals surface area contributed by atoms with Crippen LogP contribution >= 0.6 is 11.8 Å². The van der Waals surface area contributed by atoms with Crippen LogP contribution in [0.25, 0.3) is 11.3 Å². The summed E-state index contributed by atoms with van der Waals surface area (Å²) in [4.78, 5) is 1.29. The Morgan fingerprint density at radius 3 is 2.67 bits per heavy atom. The second-order valence-electron chi connectivity index (χ2n) is 4.75. The molecule has 3 aromatic rings. The Bertz CT molecular complexity index is 690. The molecule has 0 aliphatic rings. The van der Waals surface area contributed by atoms with Gasteiger partial charge in [-0.15, -0.1) is 11.8 Å². The number of hydrogen-bond acceptors (Lipinski definition) is 3. The van der Waals surface area contributed by atoms with E-state index in [2.05, 4.69) is 70.3 Å². The van der Waals surface area contributed by atoms with E-state index in [0.717, 1.165) is 23.5 Å². The molecule has 0 saturated heterocycles. The van der Waals surface area contributed by atoms with Crippen molar-refractivity contribution in [2.75, 3.05) is 11.6 Å². The van der Waals surface area contributed by atoms with Gasteiger partial charge in [0.05, 0.1) is 5.69 Å². The van der Waals surface area contributed by atoms with Crippen molar-refractivity contribution in [3.8, 4) is 11.3 Å². The third kappa shape index (κ3) is 3.47. The molecule has 0 radical (unpaired) electrons. The maximum atomic E-state index is 3.99. The molecule has 106 valence electrons. The predicted octanol–water partition coefficient (Wildman–Crippen LogP) is 4.41. The fraction of sp³-hybridized carbons (Fsp3) is 0.118. The number of nitrogens with one attached hydrogen (secondary N) is 2. The van der Waals surface area contributed by atoms with Gasteiger partial charge in [0.15, 0.2) is 0 Å². The van der Waals surface area contributed by atoms with Crippen LogP contribution in [-0.2, 0) is 6.54 Å². The summed E-state index contributed by atoms with van der Waals surface area (Å²) in [5.74, 6) is 0. The maximum absolute atomic E-state index is 3.99. The van der Waals surface area contributed by atoms with Crippen molar-refractivity contribution in [2.45, 2.75) is 11.4 Å². The zero-order chi connectivity index (χ0) is 14.5. The number of anilines is 1. The number of thioether (sulfide) groups is 1. The monoisotopic (exact) mass is 295 g/mol. The summed E-state index contributed by atoms with van der Waals surface area (Å²) in [6.45, 7) is 0.821. The standard InChI is InChI=1S/C17H17N3S/c1-21-16-7-5-13(6-8-16)12-18-15-4-2-3-14(11-15)17-9-10-19-20-17/h2-11,18H,12H2,1H3,(H,19,20). The molecule has 0 saturated carbocycles. The van der Waals surface area contributed by atoms with Crippen LogP contribution in [-0.4, -0.2) is 16.5 Å². The van der Waals surface area contributed by atoms with Crippen LogP contribution in [0, 0.1) is 0 Å². The van der Waals surface area contributed by atoms with Gasteiger partial charge in [-0.2, -0.15) is 5.10 Å². The first-order valence-electron chi connectivity index (χ1n) is 6.82. The largest absolute Gasteiger partial charge is 0.381 e. The minimum Gasteiger partial charge on any atom is -0.381 e. The van der Waals surface area contributed by atoms with Gasteiger partial charge in [-0.05, 0) is 42.2 Å². The summed E-state index contributed by atoms with van der Waals surface area (Å²) in [7, 11) is 0. The molecule has 0 spiro atoms. The smallest absolute Gasteiger partial charge is 0.0650 e. The van der Waals surface area contributed by atoms with E-state index in [1.807, 2.05) is 6.07 Å². The Morgan fingerprint density at radius 2 is 1.95 bits per heavy atom. The first-order chi connectivity index (χ1) is 10.3. The number of H-pyrrole nitrogens is 1. The Hall–Kier alpha value is -2.20. The second-order valence-corrected chi connectivity index (χ2v) is 5.63. The van der Waals surface area contributed by atoms with Crippen molar-refractivity contribution < 1.29 is 0 Å². The molecule has 4 heteroatoms. The number of aromatic nitrogens is 2. The average Bonchev–Trinajstić information content (AvgIpc) is 3.08. The lowest BCUT2D eigenvalue weighted by Crippen LogP contribution is -1.99. The number of benzene rings is 2. The maximum Gasteiger partial charge on any atom is 0.0650 e. The zero-order valence-corrected chi connectivity index (χ0v) is 12.7. The molecule has 21 heavy (non-hydrogen) atoms. The van der Waals surface area contributed by atoms with Crippen molar-refractivity contribution in [1.82, 2.24) is 10.2 Å². The average molecular weight is 295 g/mol. The van der Waals surface area contributed by atoms with E-state index in [4.69, 9.17) is 0 Å². The van der Waals surface area contributed by atoms with Gasteiger partial charge in [0, 0.05) is 28.9 Å². The lowest BCUT2D eigenvalue weighted by molar-refractivity contribution is 1.09. The molecule has 0 atom stereocenters. The molecule has 0 fully saturated rings. The van der Waals surface area contributed by atoms with Crippen LogP contribution < -0.4 is 5.32 Å². The number of hydrogen-bond donors (Lipinski definition) is 2. The Labute approximate surface area is 128 Å². The van der Waals surface area contributed by atoms with Crippen LogP contribution in [0.1, 0.15) is 5.56 Å². The van der Waals surface area contributed by atoms with E-state index in [0.29, 0.717) is 0 Å². The van der Waals surface area contributed by atoms with Gasteiger partial charge in [-0.1, -0.05) is 24.3 Å². The third-order valence-corrected chi connectivity index (χ3v) is 4.07. The minimum absolute atomic E-state index is 0.821. The van der Waals surface area contributed by atoms with Crippen LogP contribution in [0.5, 0.6) is 0 Å². The van der Waals surface area contributed by atoms with Crippen LogP contribution in [0.3, 0.4) is 0 Å². The van der Waals surface area contributed by atoms with Crippen molar-refractivity contribution in [3.63, 3.8) is 0 Å². The van der Waals surface area contributed by atoms with Gasteiger partial charge in [0.2, 0.25) is 0 Å². The molecular weight excluding hydrogens is 278 g/mol. The Morgan fingerprint density at radius 1 is 1.10 bits per heavy atom. The molecule has 1 aromatic heterocycles. The van der Waals surface area contributed by atoms with Crippen LogP contribution in [0.4, 0.5) is 5.69 Å². The number of rotatable bonds is 5. The number of aromatic amines is 1. The summed E-state index contributed by atoms with van der Waals surface area (Å²) in [6.07, 6.45) is 3.86. The lowest BCUT2D eigenvalue weighted by Gasteiger charge is -2.08. The van der Waals surface area contributed by atoms with E-state index in [-0.39, 0.29) is 0 Å². The van der Waals surface area contributed by atoms with Crippen LogP contribution in [0.15, 0.2) is 65.7 Å². The van der Waals surface area contributed by atoms with Crippen molar-refractivity contribution in [3.05, 3.63) is 66.4 Å². The highest BCUT2D eigenvalue weighted by Crippen LogP contribution is 2.21. The van der Waals surface area contributed by atoms with E-state index in [1.165, 1.54) is 10.5 Å². The summed E-state index contributed by atoms with van der Waals surface area (Å²) in [5.41, 5.74) is 4.55. The molecule has 2 aromatic carbocycles. The van der Waals surface area contributed by atoms with Gasteiger partial charge in [-0.3, -0.25) is 5.10 Å². The summed E-state index contributed by atoms with van der Waals surface area (Å²) >= 11 is 1.76. The molecular formula is C17H17N3S. The SMILES string of the molecule is CSc1ccc(CNc2cccc(-c3ccn[nH]3)c2)cc1. The Balaban J connectivity index is 1.68. The lowest BCUT2D eigenvalue weighted by atomic mass is 10.1. The van der Waals surface area contributed by atoms with E-state index >= 15 is 0 Å². The molecule has 0 bridgehead atoms. The molecule has 0 aliphatic carbocycles. The summed E-state index contributed by atoms with van der Waals surface area (Å²) < 4.78 is 0. The molecule has 3 nitrogen and oxygen atoms in total. The Kier molecular flexibility index (Phi) is 4.26. The third-order valence-electron chi connectivity index (χ3n) is 3.33. The fourth-order valence-corrected chi connectivity index (χ4v) is 2.57. The van der Waals surface area contributed by atoms with Crippen molar-refractivity contribution >= 4 is 17.4 Å². The highest BCUT2D eigenvalue weighted by Gasteiger charge is 2.00. The first kappa shape index (κ1) is 13.8. The molecule has 0 unspecified atom stereocenters. The van der Waals surface area contributed by atoms with Gasteiger partial charge in [0.25, 0.3) is 0 Å². The van der Waals surface area contributed by atoms with E-state index in [1.54, 1.807) is 18.0 Å². The van der Waals surface area contributed by atoms with Gasteiger partial charge in [0.1, 0.15) is 0 Å². The van der Waals surface area contributed by atoms with Gasteiger partial charge in [-0.25, -0.2) is 0 Å². The highest BCUT2D eigenvalue weighted by molar-refractivity contribution is 7.98. The minimum atomic E-state index is 0.821. The highest BCUT2D eigenvalue weighted by atomic mass is 32.2. The molecule has 0 aliphatic heterocycles. The summed E-state index contributed by atoms with van der Waals surface area (Å²) in [5, 5.41) is 10.4. The zero-order valence-electron chi connectivity index (χ0n) is 11.8. The predicted molar refractivity (Wildman–Crippen MR) is 89.6 cm³/mol. The molecule has 2 N–H and O–H groups in total. The van der Waals surface area contributed by atoms with Crippen LogP contribution in [0.2, 0.25) is 0 Å². The molecule has 0 amide bonds. The van der Waals surface area contributed by atoms with Gasteiger partial charge >= 0.3 is 0 Å².